The lowest BCUT2D eigenvalue weighted by atomic mass is 10.1. The van der Waals surface area contributed by atoms with E-state index >= 15 is 0 Å². The summed E-state index contributed by atoms with van der Waals surface area (Å²) in [6.45, 7) is 5.16. The van der Waals surface area contributed by atoms with Gasteiger partial charge < -0.3 is 10.1 Å². The molecule has 0 aromatic carbocycles. The van der Waals surface area contributed by atoms with Crippen molar-refractivity contribution in [3.8, 4) is 0 Å². The van der Waals surface area contributed by atoms with Gasteiger partial charge in [-0.15, -0.1) is 0 Å². The molecule has 2 unspecified atom stereocenters. The Kier molecular flexibility index (Phi) is 5.76. The molecule has 1 aromatic rings. The minimum absolute atomic E-state index is 0.219. The number of esters is 1. The second-order valence-corrected chi connectivity index (χ2v) is 4.68. The minimum atomic E-state index is -0.862. The number of halogens is 1. The Morgan fingerprint density at radius 3 is 2.63 bits per heavy atom. The van der Waals surface area contributed by atoms with Crippen LogP contribution in [-0.2, 0) is 14.3 Å². The summed E-state index contributed by atoms with van der Waals surface area (Å²) in [6.07, 6.45) is 1.23. The number of amides is 1. The highest BCUT2D eigenvalue weighted by molar-refractivity contribution is 6.30. The van der Waals surface area contributed by atoms with Gasteiger partial charge >= 0.3 is 5.97 Å². The second kappa shape index (κ2) is 7.09. The molecule has 1 heterocycles. The zero-order valence-corrected chi connectivity index (χ0v) is 11.9. The topological polar surface area (TPSA) is 68.3 Å². The van der Waals surface area contributed by atoms with Crippen molar-refractivity contribution >= 4 is 29.3 Å². The van der Waals surface area contributed by atoms with Crippen LogP contribution in [0, 0.1) is 5.92 Å². The Bertz CT molecular complexity index is 448. The maximum atomic E-state index is 11.8. The zero-order chi connectivity index (χ0) is 14.4. The largest absolute Gasteiger partial charge is 0.452 e. The molecule has 1 N–H and O–H groups in total. The van der Waals surface area contributed by atoms with E-state index in [0.717, 1.165) is 0 Å². The third kappa shape index (κ3) is 4.87. The van der Waals surface area contributed by atoms with Crippen LogP contribution in [0.25, 0.3) is 0 Å². The standard InChI is InChI=1S/C13H17ClN2O3/c1-4-8(2)13(18)19-9(3)12(17)16-11-6-5-10(14)7-15-11/h5-9H,4H2,1-3H3,(H,15,16,17). The molecule has 0 fully saturated rings. The van der Waals surface area contributed by atoms with Gasteiger partial charge in [-0.3, -0.25) is 9.59 Å². The van der Waals surface area contributed by atoms with E-state index in [1.54, 1.807) is 19.1 Å². The van der Waals surface area contributed by atoms with Crippen LogP contribution in [0.2, 0.25) is 5.02 Å². The van der Waals surface area contributed by atoms with Crippen LogP contribution in [0.4, 0.5) is 5.82 Å². The highest BCUT2D eigenvalue weighted by Crippen LogP contribution is 2.11. The minimum Gasteiger partial charge on any atom is -0.452 e. The summed E-state index contributed by atoms with van der Waals surface area (Å²) < 4.78 is 5.06. The van der Waals surface area contributed by atoms with Crippen LogP contribution in [0.15, 0.2) is 18.3 Å². The molecule has 0 spiro atoms. The van der Waals surface area contributed by atoms with Crippen molar-refractivity contribution in [3.63, 3.8) is 0 Å². The number of carbonyl (C=O) groups excluding carboxylic acids is 2. The Labute approximate surface area is 117 Å². The number of carbonyl (C=O) groups is 2. The molecular formula is C13H17ClN2O3. The molecule has 2 atom stereocenters. The van der Waals surface area contributed by atoms with Crippen LogP contribution >= 0.6 is 11.6 Å². The molecule has 0 saturated carbocycles. The predicted molar refractivity (Wildman–Crippen MR) is 72.9 cm³/mol. The van der Waals surface area contributed by atoms with Crippen LogP contribution in [0.3, 0.4) is 0 Å². The van der Waals surface area contributed by atoms with Crippen LogP contribution in [0.1, 0.15) is 27.2 Å². The van der Waals surface area contributed by atoms with Gasteiger partial charge in [-0.05, 0) is 25.5 Å². The Morgan fingerprint density at radius 2 is 2.11 bits per heavy atom. The van der Waals surface area contributed by atoms with Crippen LogP contribution in [0.5, 0.6) is 0 Å². The average Bonchev–Trinajstić information content (AvgIpc) is 2.40. The van der Waals surface area contributed by atoms with E-state index in [2.05, 4.69) is 10.3 Å². The SMILES string of the molecule is CCC(C)C(=O)OC(C)C(=O)Nc1ccc(Cl)cn1. The Balaban J connectivity index is 2.53. The summed E-state index contributed by atoms with van der Waals surface area (Å²) in [4.78, 5) is 27.3. The molecule has 0 aliphatic carbocycles. The maximum Gasteiger partial charge on any atom is 0.309 e. The zero-order valence-electron chi connectivity index (χ0n) is 11.1. The Morgan fingerprint density at radius 1 is 1.42 bits per heavy atom. The molecular weight excluding hydrogens is 268 g/mol. The number of rotatable bonds is 5. The second-order valence-electron chi connectivity index (χ2n) is 4.24. The van der Waals surface area contributed by atoms with Gasteiger partial charge in [0.1, 0.15) is 5.82 Å². The number of anilines is 1. The van der Waals surface area contributed by atoms with Crippen molar-refractivity contribution in [3.05, 3.63) is 23.4 Å². The van der Waals surface area contributed by atoms with Crippen molar-refractivity contribution in [1.29, 1.82) is 0 Å². The van der Waals surface area contributed by atoms with E-state index in [9.17, 15) is 9.59 Å². The van der Waals surface area contributed by atoms with Gasteiger partial charge in [0.05, 0.1) is 10.9 Å². The average molecular weight is 285 g/mol. The van der Waals surface area contributed by atoms with E-state index in [4.69, 9.17) is 16.3 Å². The molecule has 6 heteroatoms. The normalized spacial score (nSPS) is 13.5. The van der Waals surface area contributed by atoms with E-state index in [1.165, 1.54) is 13.1 Å². The molecule has 0 aliphatic heterocycles. The number of hydrogen-bond acceptors (Lipinski definition) is 4. The molecule has 0 bridgehead atoms. The third-order valence-corrected chi connectivity index (χ3v) is 2.88. The summed E-state index contributed by atoms with van der Waals surface area (Å²) in [5, 5.41) is 3.03. The van der Waals surface area contributed by atoms with E-state index in [1.807, 2.05) is 6.92 Å². The first-order chi connectivity index (χ1) is 8.93. The number of nitrogens with zero attached hydrogens (tertiary/aromatic N) is 1. The summed E-state index contributed by atoms with van der Waals surface area (Å²) in [5.74, 6) is -0.662. The Hall–Kier alpha value is -1.62. The van der Waals surface area contributed by atoms with Crippen LogP contribution < -0.4 is 5.32 Å². The van der Waals surface area contributed by atoms with Gasteiger partial charge in [-0.25, -0.2) is 4.98 Å². The summed E-state index contributed by atoms with van der Waals surface area (Å²) >= 11 is 5.69. The van der Waals surface area contributed by atoms with Gasteiger partial charge in [-0.2, -0.15) is 0 Å². The van der Waals surface area contributed by atoms with E-state index < -0.39 is 12.0 Å². The van der Waals surface area contributed by atoms with Gasteiger partial charge in [-0.1, -0.05) is 25.4 Å². The fraction of sp³-hybridized carbons (Fsp3) is 0.462. The molecule has 0 aliphatic rings. The molecule has 0 radical (unpaired) electrons. The molecule has 1 rings (SSSR count). The number of aromatic nitrogens is 1. The predicted octanol–water partition coefficient (Wildman–Crippen LogP) is 2.65. The summed E-state index contributed by atoms with van der Waals surface area (Å²) in [7, 11) is 0. The highest BCUT2D eigenvalue weighted by Gasteiger charge is 2.21. The lowest BCUT2D eigenvalue weighted by molar-refractivity contribution is -0.156. The van der Waals surface area contributed by atoms with Crippen molar-refractivity contribution in [2.24, 2.45) is 5.92 Å². The summed E-state index contributed by atoms with van der Waals surface area (Å²) in [5.41, 5.74) is 0. The maximum absolute atomic E-state index is 11.8. The van der Waals surface area contributed by atoms with Crippen LogP contribution in [-0.4, -0.2) is 23.0 Å². The smallest absolute Gasteiger partial charge is 0.309 e. The molecule has 0 saturated heterocycles. The fourth-order valence-electron chi connectivity index (χ4n) is 1.19. The first-order valence-corrected chi connectivity index (χ1v) is 6.44. The van der Waals surface area contributed by atoms with Gasteiger partial charge in [0.25, 0.3) is 5.91 Å². The summed E-state index contributed by atoms with van der Waals surface area (Å²) in [6, 6.07) is 3.18. The monoisotopic (exact) mass is 284 g/mol. The van der Waals surface area contributed by atoms with Crippen molar-refractivity contribution in [2.45, 2.75) is 33.3 Å². The van der Waals surface area contributed by atoms with E-state index in [-0.39, 0.29) is 11.9 Å². The number of nitrogens with one attached hydrogen (secondary N) is 1. The van der Waals surface area contributed by atoms with Gasteiger partial charge in [0.15, 0.2) is 6.10 Å². The molecule has 5 nitrogen and oxygen atoms in total. The first-order valence-electron chi connectivity index (χ1n) is 6.07. The van der Waals surface area contributed by atoms with Crippen molar-refractivity contribution in [1.82, 2.24) is 4.98 Å². The van der Waals surface area contributed by atoms with Gasteiger partial charge in [0.2, 0.25) is 0 Å². The number of hydrogen-bond donors (Lipinski definition) is 1. The highest BCUT2D eigenvalue weighted by atomic mass is 35.5. The first kappa shape index (κ1) is 15.4. The van der Waals surface area contributed by atoms with Gasteiger partial charge in [0, 0.05) is 6.20 Å². The molecule has 1 amide bonds. The number of pyridine rings is 1. The quantitative estimate of drug-likeness (QED) is 0.844. The van der Waals surface area contributed by atoms with E-state index in [0.29, 0.717) is 17.3 Å². The number of ether oxygens (including phenoxy) is 1. The third-order valence-electron chi connectivity index (χ3n) is 2.66. The molecule has 1 aromatic heterocycles. The lowest BCUT2D eigenvalue weighted by Crippen LogP contribution is -2.31. The fourth-order valence-corrected chi connectivity index (χ4v) is 1.30. The molecule has 104 valence electrons. The van der Waals surface area contributed by atoms with Crippen molar-refractivity contribution in [2.75, 3.05) is 5.32 Å². The lowest BCUT2D eigenvalue weighted by Gasteiger charge is -2.15. The van der Waals surface area contributed by atoms with Crippen molar-refractivity contribution < 1.29 is 14.3 Å². The molecule has 19 heavy (non-hydrogen) atoms.